The van der Waals surface area contributed by atoms with Crippen LogP contribution in [0.25, 0.3) is 0 Å². The molecule has 0 amide bonds. The molecule has 5 heteroatoms. The minimum absolute atomic E-state index is 0.299. The highest BCUT2D eigenvalue weighted by Crippen LogP contribution is 2.36. The van der Waals surface area contributed by atoms with Gasteiger partial charge in [-0.15, -0.1) is 11.8 Å². The molecule has 1 heterocycles. The Morgan fingerprint density at radius 3 is 2.95 bits per heavy atom. The molecular formula is C16H16ClNO2S. The number of fused-ring (bicyclic) bond motifs is 1. The minimum atomic E-state index is 0.299. The molecule has 21 heavy (non-hydrogen) atoms. The lowest BCUT2D eigenvalue weighted by Gasteiger charge is -2.21. The van der Waals surface area contributed by atoms with Crippen LogP contribution in [-0.2, 0) is 17.1 Å². The lowest BCUT2D eigenvalue weighted by Crippen LogP contribution is -2.12. The van der Waals surface area contributed by atoms with E-state index in [1.165, 1.54) is 10.5 Å². The van der Waals surface area contributed by atoms with Crippen molar-refractivity contribution in [1.82, 2.24) is 0 Å². The Balaban J connectivity index is 1.83. The standard InChI is InChI=1S/C16H16ClNO2S/c1-10-4-14(18)2-3-15(10)21-8-12-6-13(17)5-11-7-19-9-20-16(11)12/h2-6H,7-9,18H2,1H3. The maximum atomic E-state index is 6.18. The number of thioether (sulfide) groups is 1. The normalized spacial score (nSPS) is 13.6. The summed E-state index contributed by atoms with van der Waals surface area (Å²) in [6, 6.07) is 9.83. The molecule has 0 saturated heterocycles. The average Bonchev–Trinajstić information content (AvgIpc) is 2.46. The average molecular weight is 322 g/mol. The Morgan fingerprint density at radius 2 is 2.14 bits per heavy atom. The van der Waals surface area contributed by atoms with Gasteiger partial charge >= 0.3 is 0 Å². The zero-order valence-electron chi connectivity index (χ0n) is 11.7. The van der Waals surface area contributed by atoms with Gasteiger partial charge < -0.3 is 15.2 Å². The molecule has 0 aromatic heterocycles. The fourth-order valence-electron chi connectivity index (χ4n) is 2.35. The summed E-state index contributed by atoms with van der Waals surface area (Å²) in [6.07, 6.45) is 0. The Bertz CT molecular complexity index is 676. The number of rotatable bonds is 3. The van der Waals surface area contributed by atoms with Gasteiger partial charge in [-0.1, -0.05) is 11.6 Å². The highest BCUT2D eigenvalue weighted by molar-refractivity contribution is 7.98. The second-order valence-electron chi connectivity index (χ2n) is 4.98. The molecule has 0 radical (unpaired) electrons. The lowest BCUT2D eigenvalue weighted by molar-refractivity contribution is -0.0168. The van der Waals surface area contributed by atoms with Gasteiger partial charge in [-0.3, -0.25) is 0 Å². The summed E-state index contributed by atoms with van der Waals surface area (Å²) in [6.45, 7) is 2.91. The topological polar surface area (TPSA) is 44.5 Å². The smallest absolute Gasteiger partial charge is 0.189 e. The number of benzene rings is 2. The SMILES string of the molecule is Cc1cc(N)ccc1SCc1cc(Cl)cc2c1OCOC2. The van der Waals surface area contributed by atoms with E-state index in [4.69, 9.17) is 26.8 Å². The molecule has 0 bridgehead atoms. The molecule has 2 aromatic carbocycles. The van der Waals surface area contributed by atoms with Gasteiger partial charge in [0.2, 0.25) is 0 Å². The quantitative estimate of drug-likeness (QED) is 0.672. The molecular weight excluding hydrogens is 306 g/mol. The van der Waals surface area contributed by atoms with Crippen LogP contribution in [-0.4, -0.2) is 6.79 Å². The van der Waals surface area contributed by atoms with Crippen molar-refractivity contribution in [3.8, 4) is 5.75 Å². The number of halogens is 1. The van der Waals surface area contributed by atoms with E-state index in [-0.39, 0.29) is 0 Å². The van der Waals surface area contributed by atoms with Gasteiger partial charge in [-0.2, -0.15) is 0 Å². The molecule has 0 atom stereocenters. The molecule has 0 fully saturated rings. The van der Waals surface area contributed by atoms with Crippen LogP contribution in [0.3, 0.4) is 0 Å². The number of aryl methyl sites for hydroxylation is 1. The molecule has 0 saturated carbocycles. The molecule has 0 spiro atoms. The van der Waals surface area contributed by atoms with E-state index >= 15 is 0 Å². The predicted molar refractivity (Wildman–Crippen MR) is 86.9 cm³/mol. The Kier molecular flexibility index (Phi) is 4.29. The summed E-state index contributed by atoms with van der Waals surface area (Å²) < 4.78 is 10.9. The minimum Gasteiger partial charge on any atom is -0.467 e. The number of hydrogen-bond donors (Lipinski definition) is 1. The largest absolute Gasteiger partial charge is 0.467 e. The van der Waals surface area contributed by atoms with Gasteiger partial charge in [0, 0.05) is 32.5 Å². The first kappa shape index (κ1) is 14.6. The van der Waals surface area contributed by atoms with E-state index in [1.54, 1.807) is 11.8 Å². The summed E-state index contributed by atoms with van der Waals surface area (Å²) in [5.41, 5.74) is 9.87. The maximum Gasteiger partial charge on any atom is 0.189 e. The number of nitrogens with two attached hydrogens (primary N) is 1. The summed E-state index contributed by atoms with van der Waals surface area (Å²) in [7, 11) is 0. The molecule has 0 unspecified atom stereocenters. The molecule has 3 nitrogen and oxygen atoms in total. The number of hydrogen-bond acceptors (Lipinski definition) is 4. The fraction of sp³-hybridized carbons (Fsp3) is 0.250. The summed E-state index contributed by atoms with van der Waals surface area (Å²) in [4.78, 5) is 1.21. The molecule has 1 aliphatic rings. The van der Waals surface area contributed by atoms with Crippen molar-refractivity contribution >= 4 is 29.1 Å². The summed E-state index contributed by atoms with van der Waals surface area (Å²) >= 11 is 7.93. The molecule has 0 aliphatic carbocycles. The molecule has 110 valence electrons. The zero-order valence-corrected chi connectivity index (χ0v) is 13.3. The number of anilines is 1. The molecule has 1 aliphatic heterocycles. The van der Waals surface area contributed by atoms with Gasteiger partial charge in [0.1, 0.15) is 5.75 Å². The van der Waals surface area contributed by atoms with Crippen LogP contribution in [0.15, 0.2) is 35.2 Å². The lowest BCUT2D eigenvalue weighted by atomic mass is 10.1. The monoisotopic (exact) mass is 321 g/mol. The number of nitrogen functional groups attached to an aromatic ring is 1. The van der Waals surface area contributed by atoms with Crippen LogP contribution in [0.5, 0.6) is 5.75 Å². The van der Waals surface area contributed by atoms with E-state index in [0.29, 0.717) is 18.4 Å². The van der Waals surface area contributed by atoms with Crippen molar-refractivity contribution < 1.29 is 9.47 Å². The van der Waals surface area contributed by atoms with Crippen molar-refractivity contribution in [3.05, 3.63) is 52.0 Å². The van der Waals surface area contributed by atoms with Crippen LogP contribution in [0.2, 0.25) is 5.02 Å². The van der Waals surface area contributed by atoms with Crippen molar-refractivity contribution in [1.29, 1.82) is 0 Å². The Morgan fingerprint density at radius 1 is 1.29 bits per heavy atom. The molecule has 3 rings (SSSR count). The van der Waals surface area contributed by atoms with Crippen LogP contribution in [0.4, 0.5) is 5.69 Å². The second-order valence-corrected chi connectivity index (χ2v) is 6.43. The highest BCUT2D eigenvalue weighted by Gasteiger charge is 2.16. The highest BCUT2D eigenvalue weighted by atomic mass is 35.5. The number of ether oxygens (including phenoxy) is 2. The van der Waals surface area contributed by atoms with Crippen molar-refractivity contribution in [2.24, 2.45) is 0 Å². The van der Waals surface area contributed by atoms with Crippen LogP contribution >= 0.6 is 23.4 Å². The van der Waals surface area contributed by atoms with Crippen molar-refractivity contribution in [2.75, 3.05) is 12.5 Å². The first-order valence-corrected chi connectivity index (χ1v) is 8.00. The van der Waals surface area contributed by atoms with E-state index in [0.717, 1.165) is 28.3 Å². The van der Waals surface area contributed by atoms with E-state index < -0.39 is 0 Å². The third-order valence-electron chi connectivity index (χ3n) is 3.33. The van der Waals surface area contributed by atoms with Gasteiger partial charge in [0.25, 0.3) is 0 Å². The molecule has 2 N–H and O–H groups in total. The first-order valence-electron chi connectivity index (χ1n) is 6.64. The van der Waals surface area contributed by atoms with Gasteiger partial charge in [0.05, 0.1) is 6.61 Å². The van der Waals surface area contributed by atoms with E-state index in [9.17, 15) is 0 Å². The fourth-order valence-corrected chi connectivity index (χ4v) is 3.59. The van der Waals surface area contributed by atoms with Crippen molar-refractivity contribution in [2.45, 2.75) is 24.2 Å². The van der Waals surface area contributed by atoms with Crippen LogP contribution in [0.1, 0.15) is 16.7 Å². The Hall–Kier alpha value is -1.36. The maximum absolute atomic E-state index is 6.18. The summed E-state index contributed by atoms with van der Waals surface area (Å²) in [5, 5.41) is 0.715. The first-order chi connectivity index (χ1) is 10.1. The van der Waals surface area contributed by atoms with Gasteiger partial charge in [-0.05, 0) is 42.8 Å². The summed E-state index contributed by atoms with van der Waals surface area (Å²) in [5.74, 6) is 1.71. The zero-order chi connectivity index (χ0) is 14.8. The van der Waals surface area contributed by atoms with Crippen molar-refractivity contribution in [3.63, 3.8) is 0 Å². The van der Waals surface area contributed by atoms with Gasteiger partial charge in [-0.25, -0.2) is 0 Å². The van der Waals surface area contributed by atoms with Gasteiger partial charge in [0.15, 0.2) is 6.79 Å². The van der Waals surface area contributed by atoms with E-state index in [2.05, 4.69) is 13.0 Å². The predicted octanol–water partition coefficient (Wildman–Crippen LogP) is 4.39. The van der Waals surface area contributed by atoms with Crippen LogP contribution in [0, 0.1) is 6.92 Å². The third kappa shape index (κ3) is 3.28. The second kappa shape index (κ2) is 6.18. The third-order valence-corrected chi connectivity index (χ3v) is 4.78. The Labute approximate surface area is 133 Å². The molecule has 2 aromatic rings. The van der Waals surface area contributed by atoms with Crippen LogP contribution < -0.4 is 10.5 Å². The van der Waals surface area contributed by atoms with E-state index in [1.807, 2.05) is 24.3 Å².